The largest absolute Gasteiger partial charge is 0.497 e. The molecule has 6 heteroatoms. The van der Waals surface area contributed by atoms with Crippen molar-refractivity contribution in [3.63, 3.8) is 0 Å². The van der Waals surface area contributed by atoms with Crippen LogP contribution in [0.25, 0.3) is 0 Å². The lowest BCUT2D eigenvalue weighted by atomic mass is 10.1. The first-order chi connectivity index (χ1) is 13.9. The number of hydrogen-bond donors (Lipinski definition) is 1. The van der Waals surface area contributed by atoms with Crippen LogP contribution in [0.2, 0.25) is 0 Å². The topological polar surface area (TPSA) is 55.4 Å². The molecule has 0 aliphatic rings. The lowest BCUT2D eigenvalue weighted by molar-refractivity contribution is 0.414. The van der Waals surface area contributed by atoms with Gasteiger partial charge in [0, 0.05) is 16.7 Å². The number of nitrogens with one attached hydrogen (secondary N) is 1. The summed E-state index contributed by atoms with van der Waals surface area (Å²) in [5.74, 6) is 0.793. The summed E-state index contributed by atoms with van der Waals surface area (Å²) >= 11 is 1.62. The number of thioether (sulfide) groups is 1. The molecule has 0 aliphatic heterocycles. The number of hydrogen-bond acceptors (Lipinski definition) is 4. The van der Waals surface area contributed by atoms with Crippen LogP contribution < -0.4 is 9.46 Å². The maximum atomic E-state index is 12.7. The van der Waals surface area contributed by atoms with Gasteiger partial charge in [0.2, 0.25) is 10.0 Å². The van der Waals surface area contributed by atoms with E-state index in [1.54, 1.807) is 43.1 Å². The van der Waals surface area contributed by atoms with E-state index in [1.807, 2.05) is 50.2 Å². The van der Waals surface area contributed by atoms with E-state index in [4.69, 9.17) is 4.74 Å². The molecular formula is C23H25NO3S2. The summed E-state index contributed by atoms with van der Waals surface area (Å²) in [6, 6.07) is 22.9. The Morgan fingerprint density at radius 1 is 0.862 bits per heavy atom. The SMILES string of the molecule is COc1ccc(SC(CNS(=O)(=O)c2ccc(C)cc2)c2ccc(C)cc2)cc1. The molecule has 0 saturated heterocycles. The maximum absolute atomic E-state index is 12.7. The second-order valence-electron chi connectivity index (χ2n) is 6.86. The van der Waals surface area contributed by atoms with Crippen LogP contribution in [0.15, 0.2) is 82.6 Å². The maximum Gasteiger partial charge on any atom is 0.240 e. The fourth-order valence-corrected chi connectivity index (χ4v) is 5.05. The number of ether oxygens (including phenoxy) is 1. The highest BCUT2D eigenvalue weighted by Gasteiger charge is 2.19. The molecule has 4 nitrogen and oxygen atoms in total. The quantitative estimate of drug-likeness (QED) is 0.507. The first kappa shape index (κ1) is 21.4. The van der Waals surface area contributed by atoms with Gasteiger partial charge in [0.05, 0.1) is 12.0 Å². The molecule has 1 unspecified atom stereocenters. The van der Waals surface area contributed by atoms with E-state index in [0.29, 0.717) is 0 Å². The second-order valence-corrected chi connectivity index (χ2v) is 9.90. The summed E-state index contributed by atoms with van der Waals surface area (Å²) in [4.78, 5) is 1.33. The van der Waals surface area contributed by atoms with Gasteiger partial charge in [-0.3, -0.25) is 0 Å². The smallest absolute Gasteiger partial charge is 0.240 e. The average molecular weight is 428 g/mol. The molecule has 1 N–H and O–H groups in total. The Balaban J connectivity index is 1.80. The Hall–Kier alpha value is -2.28. The molecule has 29 heavy (non-hydrogen) atoms. The van der Waals surface area contributed by atoms with Crippen LogP contribution in [-0.2, 0) is 10.0 Å². The van der Waals surface area contributed by atoms with Crippen LogP contribution in [0.3, 0.4) is 0 Å². The van der Waals surface area contributed by atoms with E-state index in [9.17, 15) is 8.42 Å². The van der Waals surface area contributed by atoms with E-state index in [1.165, 1.54) is 5.56 Å². The van der Waals surface area contributed by atoms with Crippen molar-refractivity contribution in [3.8, 4) is 5.75 Å². The van der Waals surface area contributed by atoms with Gasteiger partial charge < -0.3 is 4.74 Å². The van der Waals surface area contributed by atoms with Crippen LogP contribution in [0.1, 0.15) is 21.9 Å². The van der Waals surface area contributed by atoms with Gasteiger partial charge in [0.15, 0.2) is 0 Å². The van der Waals surface area contributed by atoms with E-state index in [0.717, 1.165) is 21.8 Å². The summed E-state index contributed by atoms with van der Waals surface area (Å²) in [5, 5.41) is -0.0655. The molecule has 1 atom stereocenters. The van der Waals surface area contributed by atoms with Gasteiger partial charge in [0.25, 0.3) is 0 Å². The Bertz CT molecular complexity index is 1030. The standard InChI is InChI=1S/C23H25NO3S2/c1-17-4-8-19(9-5-17)23(28-21-12-10-20(27-3)11-13-21)16-24-29(25,26)22-14-6-18(2)7-15-22/h4-15,23-24H,16H2,1-3H3. The molecule has 0 saturated carbocycles. The molecule has 3 aromatic carbocycles. The van der Waals surface area contributed by atoms with Gasteiger partial charge in [-0.15, -0.1) is 11.8 Å². The van der Waals surface area contributed by atoms with Crippen LogP contribution in [0.5, 0.6) is 5.75 Å². The molecular weight excluding hydrogens is 402 g/mol. The fourth-order valence-electron chi connectivity index (χ4n) is 2.81. The van der Waals surface area contributed by atoms with Crippen molar-refractivity contribution in [2.45, 2.75) is 28.9 Å². The van der Waals surface area contributed by atoms with Gasteiger partial charge in [-0.2, -0.15) is 0 Å². The van der Waals surface area contributed by atoms with Crippen LogP contribution in [0.4, 0.5) is 0 Å². The average Bonchev–Trinajstić information content (AvgIpc) is 2.72. The first-order valence-corrected chi connectivity index (χ1v) is 11.7. The van der Waals surface area contributed by atoms with Gasteiger partial charge in [-0.25, -0.2) is 13.1 Å². The highest BCUT2D eigenvalue weighted by atomic mass is 32.2. The molecule has 3 aromatic rings. The highest BCUT2D eigenvalue weighted by Crippen LogP contribution is 2.36. The van der Waals surface area contributed by atoms with E-state index in [2.05, 4.69) is 16.9 Å². The van der Waals surface area contributed by atoms with Crippen LogP contribution >= 0.6 is 11.8 Å². The van der Waals surface area contributed by atoms with Crippen molar-refractivity contribution in [3.05, 3.63) is 89.5 Å². The monoisotopic (exact) mass is 427 g/mol. The Morgan fingerprint density at radius 3 is 1.97 bits per heavy atom. The summed E-state index contributed by atoms with van der Waals surface area (Å²) in [7, 11) is -1.94. The minimum atomic E-state index is -3.57. The summed E-state index contributed by atoms with van der Waals surface area (Å²) in [5.41, 5.74) is 3.27. The molecule has 0 fully saturated rings. The molecule has 3 rings (SSSR count). The molecule has 0 amide bonds. The minimum absolute atomic E-state index is 0.0655. The van der Waals surface area contributed by atoms with Crippen molar-refractivity contribution in [1.29, 1.82) is 0 Å². The van der Waals surface area contributed by atoms with Crippen molar-refractivity contribution < 1.29 is 13.2 Å². The number of aryl methyl sites for hydroxylation is 2. The van der Waals surface area contributed by atoms with Gasteiger partial charge >= 0.3 is 0 Å². The number of sulfonamides is 1. The van der Waals surface area contributed by atoms with Crippen LogP contribution in [-0.4, -0.2) is 22.1 Å². The van der Waals surface area contributed by atoms with Gasteiger partial charge in [0.1, 0.15) is 5.75 Å². The fraction of sp³-hybridized carbons (Fsp3) is 0.217. The van der Waals surface area contributed by atoms with E-state index in [-0.39, 0.29) is 16.7 Å². The Kier molecular flexibility index (Phi) is 7.00. The van der Waals surface area contributed by atoms with Gasteiger partial charge in [-0.05, 0) is 55.8 Å². The highest BCUT2D eigenvalue weighted by molar-refractivity contribution is 7.99. The van der Waals surface area contributed by atoms with Crippen molar-refractivity contribution in [1.82, 2.24) is 4.72 Å². The number of methoxy groups -OCH3 is 1. The normalized spacial score (nSPS) is 12.5. The zero-order valence-corrected chi connectivity index (χ0v) is 18.4. The zero-order valence-electron chi connectivity index (χ0n) is 16.8. The predicted octanol–water partition coefficient (Wildman–Crippen LogP) is 5.12. The molecule has 152 valence electrons. The van der Waals surface area contributed by atoms with Crippen molar-refractivity contribution in [2.75, 3.05) is 13.7 Å². The van der Waals surface area contributed by atoms with Crippen LogP contribution in [0, 0.1) is 13.8 Å². The second kappa shape index (κ2) is 9.48. The summed E-state index contributed by atoms with van der Waals surface area (Å²) < 4.78 is 33.5. The summed E-state index contributed by atoms with van der Waals surface area (Å²) in [6.45, 7) is 4.26. The zero-order chi connectivity index (χ0) is 20.9. The van der Waals surface area contributed by atoms with Crippen molar-refractivity contribution in [2.24, 2.45) is 0 Å². The van der Waals surface area contributed by atoms with Gasteiger partial charge in [-0.1, -0.05) is 47.5 Å². The third kappa shape index (κ3) is 5.85. The molecule has 0 bridgehead atoms. The third-order valence-electron chi connectivity index (χ3n) is 4.58. The first-order valence-electron chi connectivity index (χ1n) is 9.31. The minimum Gasteiger partial charge on any atom is -0.497 e. The number of benzene rings is 3. The molecule has 0 aromatic heterocycles. The number of rotatable bonds is 8. The Morgan fingerprint density at radius 2 is 1.41 bits per heavy atom. The Labute approximate surface area is 177 Å². The van der Waals surface area contributed by atoms with Crippen molar-refractivity contribution >= 4 is 21.8 Å². The lowest BCUT2D eigenvalue weighted by Gasteiger charge is -2.18. The predicted molar refractivity (Wildman–Crippen MR) is 119 cm³/mol. The lowest BCUT2D eigenvalue weighted by Crippen LogP contribution is -2.27. The van der Waals surface area contributed by atoms with E-state index >= 15 is 0 Å². The van der Waals surface area contributed by atoms with E-state index < -0.39 is 10.0 Å². The third-order valence-corrected chi connectivity index (χ3v) is 7.28. The molecule has 0 heterocycles. The summed E-state index contributed by atoms with van der Waals surface area (Å²) in [6.07, 6.45) is 0. The molecule has 0 aliphatic carbocycles. The molecule has 0 radical (unpaired) electrons. The molecule has 0 spiro atoms.